The van der Waals surface area contributed by atoms with E-state index >= 15 is 0 Å². The summed E-state index contributed by atoms with van der Waals surface area (Å²) in [6, 6.07) is 7.15. The number of benzene rings is 1. The SMILES string of the molecule is CNC(=O)c1c([N+](=O)[O-])cnn1Cc1ccc(OC)cc1. The number of nitro groups is 1. The average molecular weight is 290 g/mol. The van der Waals surface area contributed by atoms with Gasteiger partial charge in [0.2, 0.25) is 5.69 Å². The Morgan fingerprint density at radius 2 is 2.10 bits per heavy atom. The highest BCUT2D eigenvalue weighted by Gasteiger charge is 2.26. The van der Waals surface area contributed by atoms with Crippen molar-refractivity contribution in [3.05, 3.63) is 51.8 Å². The van der Waals surface area contributed by atoms with Crippen molar-refractivity contribution in [1.29, 1.82) is 0 Å². The Morgan fingerprint density at radius 3 is 2.62 bits per heavy atom. The van der Waals surface area contributed by atoms with Gasteiger partial charge < -0.3 is 10.1 Å². The van der Waals surface area contributed by atoms with Gasteiger partial charge >= 0.3 is 5.69 Å². The van der Waals surface area contributed by atoms with Crippen molar-refractivity contribution in [2.45, 2.75) is 6.54 Å². The van der Waals surface area contributed by atoms with E-state index < -0.39 is 10.8 Å². The lowest BCUT2D eigenvalue weighted by molar-refractivity contribution is -0.385. The molecule has 0 saturated carbocycles. The zero-order valence-electron chi connectivity index (χ0n) is 11.6. The number of hydrogen-bond acceptors (Lipinski definition) is 5. The molecule has 0 fully saturated rings. The molecule has 1 amide bonds. The van der Waals surface area contributed by atoms with Crippen LogP contribution in [0.1, 0.15) is 16.1 Å². The molecular weight excluding hydrogens is 276 g/mol. The number of nitrogens with zero attached hydrogens (tertiary/aromatic N) is 3. The van der Waals surface area contributed by atoms with Crippen LogP contribution in [0.25, 0.3) is 0 Å². The summed E-state index contributed by atoms with van der Waals surface area (Å²) in [4.78, 5) is 22.1. The van der Waals surface area contributed by atoms with E-state index in [1.54, 1.807) is 31.4 Å². The molecule has 1 heterocycles. The van der Waals surface area contributed by atoms with Crippen molar-refractivity contribution in [3.8, 4) is 5.75 Å². The first-order valence-corrected chi connectivity index (χ1v) is 6.12. The number of nitrogens with one attached hydrogen (secondary N) is 1. The van der Waals surface area contributed by atoms with Gasteiger partial charge in [0.15, 0.2) is 0 Å². The lowest BCUT2D eigenvalue weighted by Gasteiger charge is -2.07. The van der Waals surface area contributed by atoms with Crippen molar-refractivity contribution in [2.75, 3.05) is 14.2 Å². The van der Waals surface area contributed by atoms with E-state index in [1.165, 1.54) is 11.7 Å². The lowest BCUT2D eigenvalue weighted by Crippen LogP contribution is -2.23. The number of ether oxygens (including phenoxy) is 1. The number of carbonyl (C=O) groups excluding carboxylic acids is 1. The predicted molar refractivity (Wildman–Crippen MR) is 74.4 cm³/mol. The minimum atomic E-state index is -0.623. The molecule has 0 saturated heterocycles. The summed E-state index contributed by atoms with van der Waals surface area (Å²) in [5.74, 6) is 0.157. The molecule has 0 spiro atoms. The topological polar surface area (TPSA) is 99.3 Å². The van der Waals surface area contributed by atoms with Crippen LogP contribution in [0.5, 0.6) is 5.75 Å². The molecule has 0 bridgehead atoms. The van der Waals surface area contributed by atoms with E-state index in [1.807, 2.05) is 0 Å². The van der Waals surface area contributed by atoms with Crippen molar-refractivity contribution < 1.29 is 14.5 Å². The van der Waals surface area contributed by atoms with Gasteiger partial charge in [-0.05, 0) is 17.7 Å². The summed E-state index contributed by atoms with van der Waals surface area (Å²) in [6.45, 7) is 0.251. The number of rotatable bonds is 5. The van der Waals surface area contributed by atoms with Gasteiger partial charge in [-0.1, -0.05) is 12.1 Å². The maximum absolute atomic E-state index is 11.8. The molecule has 2 rings (SSSR count). The first kappa shape index (κ1) is 14.5. The maximum Gasteiger partial charge on any atom is 0.320 e. The third-order valence-corrected chi connectivity index (χ3v) is 2.95. The standard InChI is InChI=1S/C13H14N4O4/c1-14-13(18)12-11(17(19)20)7-15-16(12)8-9-3-5-10(21-2)6-4-9/h3-7H,8H2,1-2H3,(H,14,18). The van der Waals surface area contributed by atoms with Crippen LogP contribution in [0.4, 0.5) is 5.69 Å². The minimum Gasteiger partial charge on any atom is -0.497 e. The first-order chi connectivity index (χ1) is 10.1. The quantitative estimate of drug-likeness (QED) is 0.659. The zero-order chi connectivity index (χ0) is 15.4. The van der Waals surface area contributed by atoms with Gasteiger partial charge in [-0.2, -0.15) is 5.10 Å². The predicted octanol–water partition coefficient (Wildman–Crippen LogP) is 1.21. The third kappa shape index (κ3) is 2.99. The normalized spacial score (nSPS) is 10.2. The largest absolute Gasteiger partial charge is 0.497 e. The van der Waals surface area contributed by atoms with Crippen LogP contribution in [0, 0.1) is 10.1 Å². The van der Waals surface area contributed by atoms with Gasteiger partial charge in [0.1, 0.15) is 11.9 Å². The molecule has 0 aliphatic carbocycles. The second-order valence-electron chi connectivity index (χ2n) is 4.22. The molecule has 1 aromatic carbocycles. The number of hydrogen-bond donors (Lipinski definition) is 1. The molecular formula is C13H14N4O4. The Labute approximate surface area is 120 Å². The molecule has 110 valence electrons. The molecule has 0 radical (unpaired) electrons. The number of carbonyl (C=O) groups is 1. The van der Waals surface area contributed by atoms with Crippen molar-refractivity contribution in [2.24, 2.45) is 0 Å². The number of aromatic nitrogens is 2. The van der Waals surface area contributed by atoms with Crippen molar-refractivity contribution in [1.82, 2.24) is 15.1 Å². The Hall–Kier alpha value is -2.90. The molecule has 0 aliphatic heterocycles. The smallest absolute Gasteiger partial charge is 0.320 e. The van der Waals surface area contributed by atoms with Crippen molar-refractivity contribution in [3.63, 3.8) is 0 Å². The molecule has 2 aromatic rings. The average Bonchev–Trinajstić information content (AvgIpc) is 2.91. The van der Waals surface area contributed by atoms with E-state index in [-0.39, 0.29) is 17.9 Å². The monoisotopic (exact) mass is 290 g/mol. The summed E-state index contributed by atoms with van der Waals surface area (Å²) >= 11 is 0. The van der Waals surface area contributed by atoms with Crippen LogP contribution < -0.4 is 10.1 Å². The zero-order valence-corrected chi connectivity index (χ0v) is 11.6. The Morgan fingerprint density at radius 1 is 1.43 bits per heavy atom. The van der Waals surface area contributed by atoms with Crippen LogP contribution in [0.15, 0.2) is 30.5 Å². The van der Waals surface area contributed by atoms with Gasteiger partial charge in [-0.25, -0.2) is 4.68 Å². The summed E-state index contributed by atoms with van der Waals surface area (Å²) in [7, 11) is 2.98. The molecule has 0 unspecified atom stereocenters. The third-order valence-electron chi connectivity index (χ3n) is 2.95. The fourth-order valence-corrected chi connectivity index (χ4v) is 1.88. The molecule has 1 aromatic heterocycles. The highest BCUT2D eigenvalue weighted by atomic mass is 16.6. The van der Waals surface area contributed by atoms with Gasteiger partial charge in [0.05, 0.1) is 18.6 Å². The van der Waals surface area contributed by atoms with Crippen LogP contribution in [0.2, 0.25) is 0 Å². The van der Waals surface area contributed by atoms with E-state index in [4.69, 9.17) is 4.74 Å². The molecule has 21 heavy (non-hydrogen) atoms. The van der Waals surface area contributed by atoms with Gasteiger partial charge in [-0.3, -0.25) is 14.9 Å². The van der Waals surface area contributed by atoms with Gasteiger partial charge in [0, 0.05) is 7.05 Å². The van der Waals surface area contributed by atoms with Crippen LogP contribution in [0.3, 0.4) is 0 Å². The maximum atomic E-state index is 11.8. The highest BCUT2D eigenvalue weighted by molar-refractivity contribution is 5.96. The lowest BCUT2D eigenvalue weighted by atomic mass is 10.2. The van der Waals surface area contributed by atoms with E-state index in [2.05, 4.69) is 10.4 Å². The Kier molecular flexibility index (Phi) is 4.17. The second kappa shape index (κ2) is 6.04. The summed E-state index contributed by atoms with van der Waals surface area (Å²) < 4.78 is 6.36. The summed E-state index contributed by atoms with van der Waals surface area (Å²) in [5.41, 5.74) is 0.458. The molecule has 8 heteroatoms. The second-order valence-corrected chi connectivity index (χ2v) is 4.22. The van der Waals surface area contributed by atoms with E-state index in [0.29, 0.717) is 5.75 Å². The minimum absolute atomic E-state index is 0.0710. The van der Waals surface area contributed by atoms with E-state index in [0.717, 1.165) is 11.8 Å². The van der Waals surface area contributed by atoms with Crippen molar-refractivity contribution >= 4 is 11.6 Å². The Balaban J connectivity index is 2.34. The Bertz CT molecular complexity index is 663. The first-order valence-electron chi connectivity index (χ1n) is 6.12. The van der Waals surface area contributed by atoms with E-state index in [9.17, 15) is 14.9 Å². The fraction of sp³-hybridized carbons (Fsp3) is 0.231. The van der Waals surface area contributed by atoms with Crippen LogP contribution in [-0.2, 0) is 6.54 Å². The molecule has 1 N–H and O–H groups in total. The number of methoxy groups -OCH3 is 1. The van der Waals surface area contributed by atoms with Gasteiger partial charge in [-0.15, -0.1) is 0 Å². The molecule has 0 aliphatic rings. The summed E-state index contributed by atoms with van der Waals surface area (Å²) in [5, 5.41) is 17.3. The number of amides is 1. The van der Waals surface area contributed by atoms with Crippen LogP contribution in [-0.4, -0.2) is 34.8 Å². The molecule has 8 nitrogen and oxygen atoms in total. The summed E-state index contributed by atoms with van der Waals surface area (Å²) in [6.07, 6.45) is 1.08. The molecule has 0 atom stereocenters. The highest BCUT2D eigenvalue weighted by Crippen LogP contribution is 2.19. The van der Waals surface area contributed by atoms with Gasteiger partial charge in [0.25, 0.3) is 5.91 Å². The van der Waals surface area contributed by atoms with Crippen LogP contribution >= 0.6 is 0 Å². The fourth-order valence-electron chi connectivity index (χ4n) is 1.88.